The van der Waals surface area contributed by atoms with Gasteiger partial charge in [-0.15, -0.1) is 0 Å². The van der Waals surface area contributed by atoms with Crippen molar-refractivity contribution in [2.75, 3.05) is 0 Å². The molecule has 0 radical (unpaired) electrons. The molecule has 0 saturated carbocycles. The van der Waals surface area contributed by atoms with Gasteiger partial charge in [-0.1, -0.05) is 41.6 Å². The number of aliphatic hydroxyl groups is 1. The molecule has 1 aromatic heterocycles. The number of hydrogen-bond acceptors (Lipinski definition) is 3. The highest BCUT2D eigenvalue weighted by atomic mass is 35.5. The molecule has 1 unspecified atom stereocenters. The number of hydrogen-bond donors (Lipinski definition) is 1. The van der Waals surface area contributed by atoms with Crippen molar-refractivity contribution >= 4 is 23.4 Å². The lowest BCUT2D eigenvalue weighted by atomic mass is 10.1. The van der Waals surface area contributed by atoms with Crippen LogP contribution in [-0.2, 0) is 0 Å². The van der Waals surface area contributed by atoms with Gasteiger partial charge < -0.3 is 5.11 Å². The van der Waals surface area contributed by atoms with Crippen LogP contribution in [0.4, 0.5) is 0 Å². The summed E-state index contributed by atoms with van der Waals surface area (Å²) < 4.78 is 0. The second-order valence-electron chi connectivity index (χ2n) is 3.61. The smallest absolute Gasteiger partial charge is 0.119 e. The van der Waals surface area contributed by atoms with E-state index in [1.807, 2.05) is 30.3 Å². The van der Waals surface area contributed by atoms with Gasteiger partial charge in [-0.3, -0.25) is 0 Å². The Hall–Kier alpha value is -1.03. The van der Waals surface area contributed by atoms with E-state index in [9.17, 15) is 5.11 Å². The molecule has 0 spiro atoms. The van der Waals surface area contributed by atoms with Crippen LogP contribution >= 0.6 is 23.4 Å². The summed E-state index contributed by atoms with van der Waals surface area (Å²) in [6, 6.07) is 11.3. The van der Waals surface area contributed by atoms with Gasteiger partial charge in [0.05, 0.1) is 11.1 Å². The number of halogens is 1. The zero-order valence-electron chi connectivity index (χ0n) is 9.30. The molecule has 0 aliphatic carbocycles. The lowest BCUT2D eigenvalue weighted by molar-refractivity contribution is 0.196. The van der Waals surface area contributed by atoms with Gasteiger partial charge in [-0.25, -0.2) is 4.98 Å². The van der Waals surface area contributed by atoms with E-state index in [1.165, 1.54) is 11.8 Å². The molecule has 0 amide bonds. The third-order valence-electron chi connectivity index (χ3n) is 2.30. The van der Waals surface area contributed by atoms with Crippen molar-refractivity contribution in [2.24, 2.45) is 0 Å². The molecular weight excluding hydrogens is 254 g/mol. The van der Waals surface area contributed by atoms with E-state index >= 15 is 0 Å². The zero-order valence-corrected chi connectivity index (χ0v) is 10.9. The molecule has 17 heavy (non-hydrogen) atoms. The molecule has 0 saturated heterocycles. The first-order chi connectivity index (χ1) is 8.18. The van der Waals surface area contributed by atoms with Gasteiger partial charge in [-0.05, 0) is 30.7 Å². The maximum Gasteiger partial charge on any atom is 0.119 e. The van der Waals surface area contributed by atoms with Crippen LogP contribution in [0.15, 0.2) is 52.5 Å². The van der Waals surface area contributed by atoms with Gasteiger partial charge in [0.25, 0.3) is 0 Å². The quantitative estimate of drug-likeness (QED) is 0.913. The number of aromatic nitrogens is 1. The second kappa shape index (κ2) is 5.54. The zero-order chi connectivity index (χ0) is 12.3. The van der Waals surface area contributed by atoms with Crippen LogP contribution in [0.25, 0.3) is 0 Å². The van der Waals surface area contributed by atoms with Gasteiger partial charge in [0.15, 0.2) is 0 Å². The molecule has 0 bridgehead atoms. The van der Waals surface area contributed by atoms with Crippen molar-refractivity contribution in [3.63, 3.8) is 0 Å². The number of pyridine rings is 1. The molecular formula is C13H12ClNOS. The summed E-state index contributed by atoms with van der Waals surface area (Å²) in [7, 11) is 0. The van der Waals surface area contributed by atoms with E-state index in [4.69, 9.17) is 11.6 Å². The van der Waals surface area contributed by atoms with E-state index in [1.54, 1.807) is 19.2 Å². The number of rotatable bonds is 3. The summed E-state index contributed by atoms with van der Waals surface area (Å²) >= 11 is 7.53. The minimum absolute atomic E-state index is 0.499. The van der Waals surface area contributed by atoms with Crippen molar-refractivity contribution in [3.8, 4) is 0 Å². The SMILES string of the molecule is CC(O)c1ccccc1Sc1ncccc1Cl. The van der Waals surface area contributed by atoms with Crippen LogP contribution in [0, 0.1) is 0 Å². The van der Waals surface area contributed by atoms with Crippen LogP contribution in [0.3, 0.4) is 0 Å². The highest BCUT2D eigenvalue weighted by molar-refractivity contribution is 7.99. The molecule has 4 heteroatoms. The molecule has 2 rings (SSSR count). The first-order valence-electron chi connectivity index (χ1n) is 5.24. The first-order valence-corrected chi connectivity index (χ1v) is 6.43. The predicted octanol–water partition coefficient (Wildman–Crippen LogP) is 3.94. The molecule has 0 aliphatic rings. The molecule has 1 atom stereocenters. The highest BCUT2D eigenvalue weighted by Crippen LogP contribution is 2.35. The van der Waals surface area contributed by atoms with Crippen LogP contribution in [-0.4, -0.2) is 10.1 Å². The standard InChI is InChI=1S/C13H12ClNOS/c1-9(16)10-5-2-3-7-12(10)17-13-11(14)6-4-8-15-13/h2-9,16H,1H3. The molecule has 1 heterocycles. The van der Waals surface area contributed by atoms with E-state index in [2.05, 4.69) is 4.98 Å². The third kappa shape index (κ3) is 3.00. The molecule has 2 nitrogen and oxygen atoms in total. The van der Waals surface area contributed by atoms with Crippen LogP contribution in [0.2, 0.25) is 5.02 Å². The van der Waals surface area contributed by atoms with E-state index in [0.717, 1.165) is 15.5 Å². The van der Waals surface area contributed by atoms with Gasteiger partial charge in [-0.2, -0.15) is 0 Å². The summed E-state index contributed by atoms with van der Waals surface area (Å²) in [5, 5.41) is 11.1. The molecule has 1 aromatic carbocycles. The average Bonchev–Trinajstić information content (AvgIpc) is 2.32. The minimum Gasteiger partial charge on any atom is -0.389 e. The summed E-state index contributed by atoms with van der Waals surface area (Å²) in [6.45, 7) is 1.75. The van der Waals surface area contributed by atoms with Crippen molar-refractivity contribution in [3.05, 3.63) is 53.2 Å². The topological polar surface area (TPSA) is 33.1 Å². The van der Waals surface area contributed by atoms with Crippen molar-refractivity contribution in [1.82, 2.24) is 4.98 Å². The van der Waals surface area contributed by atoms with Crippen molar-refractivity contribution < 1.29 is 5.11 Å². The second-order valence-corrected chi connectivity index (χ2v) is 5.04. The Balaban J connectivity index is 2.34. The normalized spacial score (nSPS) is 12.4. The van der Waals surface area contributed by atoms with Gasteiger partial charge >= 0.3 is 0 Å². The maximum atomic E-state index is 9.69. The lowest BCUT2D eigenvalue weighted by Gasteiger charge is -2.11. The van der Waals surface area contributed by atoms with Gasteiger partial charge in [0.1, 0.15) is 5.03 Å². The molecule has 1 N–H and O–H groups in total. The van der Waals surface area contributed by atoms with Crippen LogP contribution < -0.4 is 0 Å². The molecule has 0 aliphatic heterocycles. The van der Waals surface area contributed by atoms with E-state index < -0.39 is 6.10 Å². The van der Waals surface area contributed by atoms with E-state index in [0.29, 0.717) is 5.02 Å². The predicted molar refractivity (Wildman–Crippen MR) is 70.4 cm³/mol. The van der Waals surface area contributed by atoms with E-state index in [-0.39, 0.29) is 0 Å². The fourth-order valence-corrected chi connectivity index (χ4v) is 2.70. The monoisotopic (exact) mass is 265 g/mol. The largest absolute Gasteiger partial charge is 0.389 e. The summed E-state index contributed by atoms with van der Waals surface area (Å²) in [5.74, 6) is 0. The summed E-state index contributed by atoms with van der Waals surface area (Å²) in [6.07, 6.45) is 1.21. The average molecular weight is 266 g/mol. The highest BCUT2D eigenvalue weighted by Gasteiger charge is 2.10. The first kappa shape index (κ1) is 12.4. The fraction of sp³-hybridized carbons (Fsp3) is 0.154. The molecule has 2 aromatic rings. The Morgan fingerprint density at radius 3 is 2.71 bits per heavy atom. The van der Waals surface area contributed by atoms with Crippen molar-refractivity contribution in [2.45, 2.75) is 22.9 Å². The number of aliphatic hydroxyl groups excluding tert-OH is 1. The Kier molecular flexibility index (Phi) is 4.05. The number of benzene rings is 1. The number of nitrogens with zero attached hydrogens (tertiary/aromatic N) is 1. The van der Waals surface area contributed by atoms with Gasteiger partial charge in [0.2, 0.25) is 0 Å². The molecule has 0 fully saturated rings. The van der Waals surface area contributed by atoms with Crippen molar-refractivity contribution in [1.29, 1.82) is 0 Å². The maximum absolute atomic E-state index is 9.69. The van der Waals surface area contributed by atoms with Gasteiger partial charge in [0, 0.05) is 11.1 Å². The van der Waals surface area contributed by atoms with Crippen LogP contribution in [0.1, 0.15) is 18.6 Å². The Labute approximate surface area is 110 Å². The minimum atomic E-state index is -0.499. The Morgan fingerprint density at radius 2 is 2.00 bits per heavy atom. The lowest BCUT2D eigenvalue weighted by Crippen LogP contribution is -1.93. The third-order valence-corrected chi connectivity index (χ3v) is 3.83. The fourth-order valence-electron chi connectivity index (χ4n) is 1.47. The summed E-state index contributed by atoms with van der Waals surface area (Å²) in [5.41, 5.74) is 0.888. The van der Waals surface area contributed by atoms with Crippen LogP contribution in [0.5, 0.6) is 0 Å². The molecule has 88 valence electrons. The Bertz CT molecular complexity index is 516. The summed E-state index contributed by atoms with van der Waals surface area (Å²) in [4.78, 5) is 5.20. The Morgan fingerprint density at radius 1 is 1.24 bits per heavy atom.